The van der Waals surface area contributed by atoms with Crippen LogP contribution < -0.4 is 15.2 Å². The van der Waals surface area contributed by atoms with Gasteiger partial charge in [0.25, 0.3) is 0 Å². The van der Waals surface area contributed by atoms with Gasteiger partial charge >= 0.3 is 115 Å². The van der Waals surface area contributed by atoms with E-state index >= 15 is 0 Å². The van der Waals surface area contributed by atoms with E-state index in [1.54, 1.807) is 0 Å². The summed E-state index contributed by atoms with van der Waals surface area (Å²) >= 11 is 1.80. The van der Waals surface area contributed by atoms with Crippen LogP contribution in [-0.4, -0.2) is 29.9 Å². The van der Waals surface area contributed by atoms with E-state index in [0.717, 1.165) is 3.91 Å². The first-order chi connectivity index (χ1) is 8.70. The molecule has 0 unspecified atom stereocenters. The Morgan fingerprint density at radius 3 is 2.94 bits per heavy atom. The Morgan fingerprint density at radius 2 is 2.17 bits per heavy atom. The second-order valence-electron chi connectivity index (χ2n) is 3.99. The van der Waals surface area contributed by atoms with Crippen molar-refractivity contribution in [3.05, 3.63) is 10.4 Å². The SMILES string of the molecule is CCCCCC[Se]c1nc2nc(N)[nH]c(=O)c2s1. The molecule has 98 valence electrons. The number of anilines is 1. The molecule has 3 N–H and O–H groups in total. The molecular weight excluding hydrogens is 315 g/mol. The monoisotopic (exact) mass is 332 g/mol. The molecule has 0 saturated carbocycles. The van der Waals surface area contributed by atoms with E-state index in [0.29, 0.717) is 25.3 Å². The van der Waals surface area contributed by atoms with E-state index in [1.165, 1.54) is 42.3 Å². The maximum absolute atomic E-state index is 11.6. The van der Waals surface area contributed by atoms with Crippen molar-refractivity contribution < 1.29 is 0 Å². The summed E-state index contributed by atoms with van der Waals surface area (Å²) in [4.78, 5) is 22.6. The normalized spacial score (nSPS) is 11.2. The molecular formula is C11H16N4OSSe. The number of fused-ring (bicyclic) bond motifs is 1. The number of hydrogen-bond donors (Lipinski definition) is 2. The van der Waals surface area contributed by atoms with Crippen LogP contribution >= 0.6 is 11.3 Å². The maximum atomic E-state index is 11.6. The van der Waals surface area contributed by atoms with Gasteiger partial charge in [0.2, 0.25) is 0 Å². The molecule has 5 nitrogen and oxygen atoms in total. The van der Waals surface area contributed by atoms with Crippen LogP contribution in [0.15, 0.2) is 4.79 Å². The quantitative estimate of drug-likeness (QED) is 0.617. The molecule has 2 aromatic rings. The molecule has 0 amide bonds. The van der Waals surface area contributed by atoms with Crippen LogP contribution in [0.1, 0.15) is 32.6 Å². The average molecular weight is 331 g/mol. The molecule has 0 radical (unpaired) electrons. The number of aromatic nitrogens is 3. The third-order valence-electron chi connectivity index (χ3n) is 2.49. The molecule has 0 aliphatic heterocycles. The topological polar surface area (TPSA) is 84.7 Å². The predicted octanol–water partition coefficient (Wildman–Crippen LogP) is 1.29. The van der Waals surface area contributed by atoms with E-state index in [-0.39, 0.29) is 11.5 Å². The van der Waals surface area contributed by atoms with Gasteiger partial charge in [0.1, 0.15) is 0 Å². The number of nitrogens with two attached hydrogens (primary N) is 1. The van der Waals surface area contributed by atoms with E-state index in [2.05, 4.69) is 21.9 Å². The van der Waals surface area contributed by atoms with Gasteiger partial charge in [-0.25, -0.2) is 0 Å². The number of nitrogens with one attached hydrogen (secondary N) is 1. The fourth-order valence-corrected chi connectivity index (χ4v) is 5.02. The number of thiazole rings is 1. The number of H-pyrrole nitrogens is 1. The molecule has 2 heterocycles. The summed E-state index contributed by atoms with van der Waals surface area (Å²) in [5.41, 5.74) is 5.81. The molecule has 0 aliphatic rings. The Hall–Kier alpha value is -0.911. The summed E-state index contributed by atoms with van der Waals surface area (Å²) in [6.07, 6.45) is 5.09. The zero-order valence-electron chi connectivity index (χ0n) is 10.2. The number of hydrogen-bond acceptors (Lipinski definition) is 5. The van der Waals surface area contributed by atoms with Crippen molar-refractivity contribution in [3.8, 4) is 0 Å². The number of rotatable bonds is 6. The second-order valence-corrected chi connectivity index (χ2v) is 7.85. The summed E-state index contributed by atoms with van der Waals surface area (Å²) in [5.74, 6) is 0.139. The molecule has 18 heavy (non-hydrogen) atoms. The van der Waals surface area contributed by atoms with Crippen LogP contribution in [0.3, 0.4) is 0 Å². The van der Waals surface area contributed by atoms with Crippen molar-refractivity contribution in [2.75, 3.05) is 5.73 Å². The van der Waals surface area contributed by atoms with Crippen molar-refractivity contribution >= 4 is 46.5 Å². The molecule has 0 spiro atoms. The first-order valence-corrected chi connectivity index (χ1v) is 8.88. The summed E-state index contributed by atoms with van der Waals surface area (Å²) in [6, 6.07) is 0. The molecule has 0 fully saturated rings. The van der Waals surface area contributed by atoms with Crippen molar-refractivity contribution in [1.82, 2.24) is 15.0 Å². The van der Waals surface area contributed by atoms with Gasteiger partial charge < -0.3 is 0 Å². The third-order valence-corrected chi connectivity index (χ3v) is 6.21. The van der Waals surface area contributed by atoms with Crippen LogP contribution in [-0.2, 0) is 0 Å². The van der Waals surface area contributed by atoms with Gasteiger partial charge in [0.15, 0.2) is 0 Å². The zero-order chi connectivity index (χ0) is 13.0. The second kappa shape index (κ2) is 6.31. The van der Waals surface area contributed by atoms with Crippen molar-refractivity contribution in [3.63, 3.8) is 0 Å². The van der Waals surface area contributed by atoms with Gasteiger partial charge in [-0.2, -0.15) is 0 Å². The predicted molar refractivity (Wildman–Crippen MR) is 76.8 cm³/mol. The molecule has 2 rings (SSSR count). The number of aromatic amines is 1. The molecule has 0 aliphatic carbocycles. The van der Waals surface area contributed by atoms with E-state index in [1.807, 2.05) is 0 Å². The zero-order valence-corrected chi connectivity index (χ0v) is 12.8. The average Bonchev–Trinajstić information content (AvgIpc) is 2.72. The van der Waals surface area contributed by atoms with Gasteiger partial charge in [0.05, 0.1) is 0 Å². The van der Waals surface area contributed by atoms with Gasteiger partial charge in [-0.15, -0.1) is 0 Å². The summed E-state index contributed by atoms with van der Waals surface area (Å²) in [7, 11) is 0. The van der Waals surface area contributed by atoms with Gasteiger partial charge in [-0.3, -0.25) is 0 Å². The first kappa shape index (κ1) is 13.5. The van der Waals surface area contributed by atoms with Crippen LogP contribution in [0.2, 0.25) is 5.32 Å². The minimum absolute atomic E-state index is 0.139. The van der Waals surface area contributed by atoms with E-state index < -0.39 is 0 Å². The molecule has 7 heteroatoms. The Kier molecular flexibility index (Phi) is 4.74. The van der Waals surface area contributed by atoms with Crippen molar-refractivity contribution in [1.29, 1.82) is 0 Å². The van der Waals surface area contributed by atoms with Crippen molar-refractivity contribution in [2.24, 2.45) is 0 Å². The summed E-state index contributed by atoms with van der Waals surface area (Å²) in [6.45, 7) is 2.21. The Labute approximate surface area is 115 Å². The molecule has 2 aromatic heterocycles. The fraction of sp³-hybridized carbons (Fsp3) is 0.545. The Balaban J connectivity index is 2.02. The Bertz CT molecular complexity index is 580. The summed E-state index contributed by atoms with van der Waals surface area (Å²) in [5, 5.41) is 1.18. The number of nitrogens with zero attached hydrogens (tertiary/aromatic N) is 2. The first-order valence-electron chi connectivity index (χ1n) is 6.00. The van der Waals surface area contributed by atoms with Crippen LogP contribution in [0, 0.1) is 0 Å². The third kappa shape index (κ3) is 3.31. The van der Waals surface area contributed by atoms with Crippen LogP contribution in [0.25, 0.3) is 10.3 Å². The fourth-order valence-electron chi connectivity index (χ4n) is 1.58. The summed E-state index contributed by atoms with van der Waals surface area (Å²) < 4.78 is 1.63. The van der Waals surface area contributed by atoms with E-state index in [4.69, 9.17) is 5.73 Å². The molecule has 0 saturated heterocycles. The van der Waals surface area contributed by atoms with Gasteiger partial charge in [-0.1, -0.05) is 0 Å². The minimum atomic E-state index is -0.178. The standard InChI is InChI=1S/C11H16N4OSSe/c1-2-3-4-5-6-18-11-14-8-7(17-11)9(16)15-10(12)13-8/h2-6H2,1H3,(H3,12,13,15,16). The van der Waals surface area contributed by atoms with Crippen LogP contribution in [0.5, 0.6) is 0 Å². The van der Waals surface area contributed by atoms with Crippen molar-refractivity contribution in [2.45, 2.75) is 37.9 Å². The molecule has 0 aromatic carbocycles. The van der Waals surface area contributed by atoms with Gasteiger partial charge in [0, 0.05) is 0 Å². The van der Waals surface area contributed by atoms with Gasteiger partial charge in [-0.05, 0) is 0 Å². The molecule has 0 atom stereocenters. The van der Waals surface area contributed by atoms with Crippen LogP contribution in [0.4, 0.5) is 5.95 Å². The van der Waals surface area contributed by atoms with E-state index in [9.17, 15) is 4.79 Å². The Morgan fingerprint density at radius 1 is 1.33 bits per heavy atom. The molecule has 0 bridgehead atoms. The number of nitrogen functional groups attached to an aromatic ring is 1. The number of unbranched alkanes of at least 4 members (excludes halogenated alkanes) is 3.